The number of rotatable bonds is 9. The second-order valence-electron chi connectivity index (χ2n) is 7.33. The Morgan fingerprint density at radius 2 is 1.31 bits per heavy atom. The highest BCUT2D eigenvalue weighted by molar-refractivity contribution is 7.95. The maximum absolute atomic E-state index is 11.9. The van der Waals surface area contributed by atoms with E-state index in [9.17, 15) is 4.79 Å². The topological polar surface area (TPSA) is 91.4 Å². The van der Waals surface area contributed by atoms with Crippen molar-refractivity contribution in [2.24, 2.45) is 5.73 Å². The van der Waals surface area contributed by atoms with Crippen LogP contribution in [0.25, 0.3) is 0 Å². The van der Waals surface area contributed by atoms with Gasteiger partial charge in [-0.3, -0.25) is 10.3 Å². The van der Waals surface area contributed by atoms with Gasteiger partial charge in [-0.15, -0.1) is 0 Å². The molecule has 4 N–H and O–H groups in total. The molecule has 0 bridgehead atoms. The Hall–Kier alpha value is -3.21. The first kappa shape index (κ1) is 23.5. The van der Waals surface area contributed by atoms with Crippen molar-refractivity contribution in [1.29, 1.82) is 5.41 Å². The first-order valence-electron chi connectivity index (χ1n) is 10.5. The lowest BCUT2D eigenvalue weighted by molar-refractivity contribution is 0.150. The van der Waals surface area contributed by atoms with Crippen molar-refractivity contribution < 1.29 is 9.53 Å². The molecule has 6 nitrogen and oxygen atoms in total. The van der Waals surface area contributed by atoms with Gasteiger partial charge in [-0.25, -0.2) is 4.79 Å². The van der Waals surface area contributed by atoms with Crippen molar-refractivity contribution in [2.75, 3.05) is 33.0 Å². The van der Waals surface area contributed by atoms with Crippen LogP contribution in [0.1, 0.15) is 0 Å². The lowest BCUT2D eigenvalue weighted by Gasteiger charge is -2.27. The summed E-state index contributed by atoms with van der Waals surface area (Å²) in [6.07, 6.45) is 0.854. The molecule has 3 aromatic rings. The molecular formula is C25H30N4O2P+. The third kappa shape index (κ3) is 5.52. The van der Waals surface area contributed by atoms with E-state index < -0.39 is 13.3 Å². The summed E-state index contributed by atoms with van der Waals surface area (Å²) in [7, 11) is -0.460. The summed E-state index contributed by atoms with van der Waals surface area (Å²) in [5, 5.41) is 14.0. The molecule has 0 atom stereocenters. The Morgan fingerprint density at radius 3 is 1.72 bits per heavy atom. The molecule has 166 valence electrons. The minimum Gasteiger partial charge on any atom is -0.376 e. The van der Waals surface area contributed by atoms with Gasteiger partial charge in [0, 0.05) is 13.6 Å². The number of urea groups is 1. The molecule has 0 aliphatic carbocycles. The molecule has 0 aliphatic rings. The van der Waals surface area contributed by atoms with Crippen LogP contribution >= 0.6 is 7.26 Å². The number of nitrogens with zero attached hydrogens (tertiary/aromatic N) is 1. The summed E-state index contributed by atoms with van der Waals surface area (Å²) in [5.74, 6) is -0.299. The zero-order chi connectivity index (χ0) is 22.8. The highest BCUT2D eigenvalue weighted by Crippen LogP contribution is 2.54. The largest absolute Gasteiger partial charge is 0.376 e. The molecule has 32 heavy (non-hydrogen) atoms. The molecule has 0 saturated carbocycles. The van der Waals surface area contributed by atoms with Gasteiger partial charge in [0.15, 0.2) is 5.96 Å². The molecule has 2 amide bonds. The number of ether oxygens (including phenoxy) is 1. The van der Waals surface area contributed by atoms with Gasteiger partial charge in [0.05, 0.1) is 19.4 Å². The number of nitrogens with one attached hydrogen (secondary N) is 2. The van der Waals surface area contributed by atoms with Crippen molar-refractivity contribution in [1.82, 2.24) is 10.2 Å². The summed E-state index contributed by atoms with van der Waals surface area (Å²) in [4.78, 5) is 12.9. The zero-order valence-electron chi connectivity index (χ0n) is 18.3. The number of nitrogens with two attached hydrogens (primary N) is 1. The van der Waals surface area contributed by atoms with E-state index >= 15 is 0 Å². The molecule has 3 aromatic carbocycles. The number of benzene rings is 3. The van der Waals surface area contributed by atoms with Crippen LogP contribution < -0.4 is 27.0 Å². The lowest BCUT2D eigenvalue weighted by Crippen LogP contribution is -2.45. The van der Waals surface area contributed by atoms with Gasteiger partial charge >= 0.3 is 6.03 Å². The highest BCUT2D eigenvalue weighted by atomic mass is 31.2. The summed E-state index contributed by atoms with van der Waals surface area (Å²) < 4.78 is 5.95. The Balaban J connectivity index is 1.77. The third-order valence-electron chi connectivity index (χ3n) is 5.35. The fourth-order valence-electron chi connectivity index (χ4n) is 3.64. The molecule has 0 aromatic heterocycles. The predicted molar refractivity (Wildman–Crippen MR) is 134 cm³/mol. The van der Waals surface area contributed by atoms with Crippen LogP contribution in [0.15, 0.2) is 91.0 Å². The average molecular weight is 450 g/mol. The van der Waals surface area contributed by atoms with Crippen molar-refractivity contribution in [3.63, 3.8) is 0 Å². The van der Waals surface area contributed by atoms with Crippen molar-refractivity contribution in [2.45, 2.75) is 0 Å². The van der Waals surface area contributed by atoms with Gasteiger partial charge in [0.1, 0.15) is 23.2 Å². The molecule has 0 aliphatic heterocycles. The molecule has 0 unspecified atom stereocenters. The van der Waals surface area contributed by atoms with Crippen LogP contribution in [0.5, 0.6) is 0 Å². The third-order valence-corrected chi connectivity index (χ3v) is 9.74. The van der Waals surface area contributed by atoms with Crippen LogP contribution in [0.4, 0.5) is 4.79 Å². The lowest BCUT2D eigenvalue weighted by atomic mass is 10.4. The summed E-state index contributed by atoms with van der Waals surface area (Å²) >= 11 is 0. The molecule has 0 heterocycles. The normalized spacial score (nSPS) is 11.0. The fraction of sp³-hybridized carbons (Fsp3) is 0.200. The van der Waals surface area contributed by atoms with E-state index in [-0.39, 0.29) is 5.96 Å². The fourth-order valence-corrected chi connectivity index (χ4v) is 7.76. The summed E-state index contributed by atoms with van der Waals surface area (Å²) in [5.41, 5.74) is 5.32. The average Bonchev–Trinajstić information content (AvgIpc) is 2.84. The number of hydrogen-bond donors (Lipinski definition) is 3. The molecule has 3 rings (SSSR count). The van der Waals surface area contributed by atoms with E-state index in [4.69, 9.17) is 15.9 Å². The minimum atomic E-state index is -1.91. The second-order valence-corrected chi connectivity index (χ2v) is 10.9. The Labute approximate surface area is 190 Å². The second kappa shape index (κ2) is 11.4. The number of amides is 2. The van der Waals surface area contributed by atoms with Crippen LogP contribution in [0.2, 0.25) is 0 Å². The Morgan fingerprint density at radius 1 is 0.875 bits per heavy atom. The standard InChI is InChI=1S/C25H29N4O2P/c1-29(24(26)27)25(30)28-17-18-31-19-20-32(21-11-5-2-6-12-21,22-13-7-3-8-14-22)23-15-9-4-10-16-23/h2-16H,17-20H2,1H3,(H3-,26,27,28,30)/p+1. The minimum absolute atomic E-state index is 0.299. The van der Waals surface area contributed by atoms with E-state index in [0.29, 0.717) is 19.8 Å². The number of guanidine groups is 1. The number of carbonyl (C=O) groups excluding carboxylic acids is 1. The van der Waals surface area contributed by atoms with Crippen molar-refractivity contribution in [3.8, 4) is 0 Å². The summed E-state index contributed by atoms with van der Waals surface area (Å²) in [6.45, 7) is 1.30. The molecule has 0 radical (unpaired) electrons. The maximum Gasteiger partial charge on any atom is 0.324 e. The molecule has 0 saturated heterocycles. The van der Waals surface area contributed by atoms with Gasteiger partial charge in [-0.05, 0) is 36.4 Å². The van der Waals surface area contributed by atoms with Crippen molar-refractivity contribution >= 4 is 35.2 Å². The van der Waals surface area contributed by atoms with Crippen LogP contribution in [-0.2, 0) is 4.74 Å². The molecule has 0 spiro atoms. The molecular weight excluding hydrogens is 419 g/mol. The molecule has 7 heteroatoms. The highest BCUT2D eigenvalue weighted by Gasteiger charge is 2.44. The maximum atomic E-state index is 11.9. The Bertz CT molecular complexity index is 904. The Kier molecular flexibility index (Phi) is 8.37. The van der Waals surface area contributed by atoms with Crippen LogP contribution in [-0.4, -0.2) is 49.9 Å². The summed E-state index contributed by atoms with van der Waals surface area (Å²) in [6, 6.07) is 31.6. The number of hydrogen-bond acceptors (Lipinski definition) is 3. The van der Waals surface area contributed by atoms with E-state index in [2.05, 4.69) is 78.1 Å². The van der Waals surface area contributed by atoms with Gasteiger partial charge in [-0.2, -0.15) is 0 Å². The van der Waals surface area contributed by atoms with Crippen molar-refractivity contribution in [3.05, 3.63) is 91.0 Å². The zero-order valence-corrected chi connectivity index (χ0v) is 19.2. The molecule has 0 fully saturated rings. The predicted octanol–water partition coefficient (Wildman–Crippen LogP) is 2.53. The van der Waals surface area contributed by atoms with E-state index in [0.717, 1.165) is 11.1 Å². The van der Waals surface area contributed by atoms with E-state index in [1.807, 2.05) is 18.2 Å². The van der Waals surface area contributed by atoms with E-state index in [1.54, 1.807) is 0 Å². The van der Waals surface area contributed by atoms with Gasteiger partial charge in [0.25, 0.3) is 0 Å². The van der Waals surface area contributed by atoms with Crippen LogP contribution in [0, 0.1) is 5.41 Å². The van der Waals surface area contributed by atoms with E-state index in [1.165, 1.54) is 23.0 Å². The van der Waals surface area contributed by atoms with Gasteiger partial charge in [-0.1, -0.05) is 54.6 Å². The van der Waals surface area contributed by atoms with Gasteiger partial charge in [0.2, 0.25) is 0 Å². The first-order valence-corrected chi connectivity index (χ1v) is 12.5. The monoisotopic (exact) mass is 449 g/mol. The number of carbonyl (C=O) groups is 1. The van der Waals surface area contributed by atoms with Crippen LogP contribution in [0.3, 0.4) is 0 Å². The quantitative estimate of drug-likeness (QED) is 0.203. The SMILES string of the molecule is CN(C(=N)N)C(=O)NCCOCC[P+](c1ccccc1)(c1ccccc1)c1ccccc1. The smallest absolute Gasteiger partial charge is 0.324 e. The first-order chi connectivity index (χ1) is 15.6. The van der Waals surface area contributed by atoms with Gasteiger partial charge < -0.3 is 15.8 Å².